The molecule has 1 N–H and O–H groups in total. The van der Waals surface area contributed by atoms with Crippen LogP contribution in [0.1, 0.15) is 34.3 Å². The summed E-state index contributed by atoms with van der Waals surface area (Å²) < 4.78 is 1.09. The molecular weight excluding hydrogens is 350 g/mol. The number of likely N-dealkylation sites (tertiary alicyclic amines) is 1. The van der Waals surface area contributed by atoms with Gasteiger partial charge in [-0.1, -0.05) is 6.92 Å². The van der Waals surface area contributed by atoms with Crippen molar-refractivity contribution in [1.82, 2.24) is 15.2 Å². The second-order valence-corrected chi connectivity index (χ2v) is 8.36. The Morgan fingerprint density at radius 2 is 2.32 bits per heavy atom. The van der Waals surface area contributed by atoms with Crippen molar-refractivity contribution in [2.75, 3.05) is 13.1 Å². The summed E-state index contributed by atoms with van der Waals surface area (Å²) in [6, 6.07) is 8.21. The predicted molar refractivity (Wildman–Crippen MR) is 104 cm³/mol. The fraction of sp³-hybridized carbons (Fsp3) is 0.368. The molecule has 1 aliphatic rings. The molecule has 0 radical (unpaired) electrons. The average Bonchev–Trinajstić information content (AvgIpc) is 3.35. The Bertz CT molecular complexity index is 872. The Labute approximate surface area is 155 Å². The molecule has 130 valence electrons. The summed E-state index contributed by atoms with van der Waals surface area (Å²) in [5, 5.41) is 8.62. The van der Waals surface area contributed by atoms with Crippen molar-refractivity contribution in [3.05, 3.63) is 51.2 Å². The molecule has 1 unspecified atom stereocenters. The standard InChI is InChI=1S/C19H21N3OS2/c1-2-18-21-16-4-3-14(9-17(16)25-18)19(23)20-15-5-7-22(11-15)10-13-6-8-24-12-13/h3-4,6,8-9,12,15H,2,5,7,10-11H2,1H3,(H,20,23). The first kappa shape index (κ1) is 16.7. The molecule has 2 aromatic heterocycles. The van der Waals surface area contributed by atoms with Gasteiger partial charge in [0.05, 0.1) is 15.2 Å². The third kappa shape index (κ3) is 3.76. The van der Waals surface area contributed by atoms with Gasteiger partial charge in [-0.3, -0.25) is 9.69 Å². The zero-order valence-electron chi connectivity index (χ0n) is 14.2. The van der Waals surface area contributed by atoms with Gasteiger partial charge in [0.25, 0.3) is 5.91 Å². The number of rotatable bonds is 5. The van der Waals surface area contributed by atoms with E-state index in [9.17, 15) is 4.79 Å². The molecule has 4 rings (SSSR count). The molecule has 25 heavy (non-hydrogen) atoms. The van der Waals surface area contributed by atoms with E-state index in [1.54, 1.807) is 22.7 Å². The molecule has 0 bridgehead atoms. The number of hydrogen-bond acceptors (Lipinski definition) is 5. The van der Waals surface area contributed by atoms with Crippen LogP contribution in [0.5, 0.6) is 0 Å². The van der Waals surface area contributed by atoms with Gasteiger partial charge in [0, 0.05) is 31.2 Å². The van der Waals surface area contributed by atoms with Crippen LogP contribution in [0.4, 0.5) is 0 Å². The van der Waals surface area contributed by atoms with Crippen LogP contribution in [-0.4, -0.2) is 34.9 Å². The zero-order valence-corrected chi connectivity index (χ0v) is 15.8. The Morgan fingerprint density at radius 3 is 3.12 bits per heavy atom. The molecule has 1 atom stereocenters. The number of aromatic nitrogens is 1. The molecule has 0 spiro atoms. The summed E-state index contributed by atoms with van der Waals surface area (Å²) in [5.41, 5.74) is 3.08. The maximum Gasteiger partial charge on any atom is 0.251 e. The minimum atomic E-state index is 0.0238. The van der Waals surface area contributed by atoms with Gasteiger partial charge in [-0.05, 0) is 53.4 Å². The number of amides is 1. The van der Waals surface area contributed by atoms with Gasteiger partial charge in [-0.25, -0.2) is 4.98 Å². The molecule has 1 amide bonds. The number of aryl methyl sites for hydroxylation is 1. The summed E-state index contributed by atoms with van der Waals surface area (Å²) in [6.45, 7) is 5.04. The summed E-state index contributed by atoms with van der Waals surface area (Å²) in [7, 11) is 0. The van der Waals surface area contributed by atoms with E-state index in [-0.39, 0.29) is 11.9 Å². The van der Waals surface area contributed by atoms with E-state index in [0.717, 1.165) is 53.3 Å². The van der Waals surface area contributed by atoms with Gasteiger partial charge < -0.3 is 5.32 Å². The van der Waals surface area contributed by atoms with Crippen molar-refractivity contribution < 1.29 is 4.79 Å². The van der Waals surface area contributed by atoms with Crippen LogP contribution in [0.15, 0.2) is 35.0 Å². The van der Waals surface area contributed by atoms with E-state index >= 15 is 0 Å². The number of carbonyl (C=O) groups excluding carboxylic acids is 1. The Balaban J connectivity index is 1.38. The highest BCUT2D eigenvalue weighted by molar-refractivity contribution is 7.18. The van der Waals surface area contributed by atoms with E-state index < -0.39 is 0 Å². The summed E-state index contributed by atoms with van der Waals surface area (Å²) in [5.74, 6) is 0.0238. The molecule has 4 nitrogen and oxygen atoms in total. The van der Waals surface area contributed by atoms with Gasteiger partial charge in [0.15, 0.2) is 0 Å². The lowest BCUT2D eigenvalue weighted by atomic mass is 10.2. The van der Waals surface area contributed by atoms with Crippen LogP contribution in [0.25, 0.3) is 10.2 Å². The molecule has 1 fully saturated rings. The first-order chi connectivity index (χ1) is 12.2. The summed E-state index contributed by atoms with van der Waals surface area (Å²) in [6.07, 6.45) is 1.95. The molecule has 1 aromatic carbocycles. The molecule has 3 heterocycles. The third-order valence-electron chi connectivity index (χ3n) is 4.59. The van der Waals surface area contributed by atoms with Crippen LogP contribution < -0.4 is 5.32 Å². The minimum Gasteiger partial charge on any atom is -0.348 e. The van der Waals surface area contributed by atoms with Crippen molar-refractivity contribution in [2.24, 2.45) is 0 Å². The molecule has 1 aliphatic heterocycles. The summed E-state index contributed by atoms with van der Waals surface area (Å²) >= 11 is 3.41. The smallest absolute Gasteiger partial charge is 0.251 e. The Morgan fingerprint density at radius 1 is 1.40 bits per heavy atom. The van der Waals surface area contributed by atoms with E-state index in [2.05, 4.69) is 39.0 Å². The highest BCUT2D eigenvalue weighted by atomic mass is 32.1. The molecular formula is C19H21N3OS2. The molecule has 0 saturated carbocycles. The number of thiophene rings is 1. The van der Waals surface area contributed by atoms with Crippen LogP contribution in [0, 0.1) is 0 Å². The lowest BCUT2D eigenvalue weighted by molar-refractivity contribution is 0.0938. The number of thiazole rings is 1. The van der Waals surface area contributed by atoms with E-state index in [4.69, 9.17) is 0 Å². The van der Waals surface area contributed by atoms with Crippen LogP contribution in [0.3, 0.4) is 0 Å². The second-order valence-electron chi connectivity index (χ2n) is 6.47. The number of nitrogens with one attached hydrogen (secondary N) is 1. The van der Waals surface area contributed by atoms with Crippen LogP contribution in [0.2, 0.25) is 0 Å². The molecule has 3 aromatic rings. The Kier molecular flexibility index (Phi) is 4.83. The maximum absolute atomic E-state index is 12.6. The number of hydrogen-bond donors (Lipinski definition) is 1. The van der Waals surface area contributed by atoms with Crippen molar-refractivity contribution in [1.29, 1.82) is 0 Å². The van der Waals surface area contributed by atoms with Crippen molar-refractivity contribution in [3.8, 4) is 0 Å². The molecule has 0 aliphatic carbocycles. The monoisotopic (exact) mass is 371 g/mol. The van der Waals surface area contributed by atoms with Crippen molar-refractivity contribution in [3.63, 3.8) is 0 Å². The maximum atomic E-state index is 12.6. The minimum absolute atomic E-state index is 0.0238. The number of benzene rings is 1. The first-order valence-corrected chi connectivity index (χ1v) is 10.4. The van der Waals surface area contributed by atoms with Gasteiger partial charge in [0.2, 0.25) is 0 Å². The Hall–Kier alpha value is -1.76. The average molecular weight is 372 g/mol. The third-order valence-corrected chi connectivity index (χ3v) is 6.49. The van der Waals surface area contributed by atoms with Crippen LogP contribution in [-0.2, 0) is 13.0 Å². The fourth-order valence-electron chi connectivity index (χ4n) is 3.27. The van der Waals surface area contributed by atoms with Crippen molar-refractivity contribution in [2.45, 2.75) is 32.4 Å². The lowest BCUT2D eigenvalue weighted by Crippen LogP contribution is -2.36. The van der Waals surface area contributed by atoms with E-state index in [1.807, 2.05) is 18.2 Å². The number of nitrogens with zero attached hydrogens (tertiary/aromatic N) is 2. The highest BCUT2D eigenvalue weighted by Crippen LogP contribution is 2.24. The van der Waals surface area contributed by atoms with E-state index in [0.29, 0.717) is 0 Å². The topological polar surface area (TPSA) is 45.2 Å². The van der Waals surface area contributed by atoms with Gasteiger partial charge in [-0.15, -0.1) is 11.3 Å². The predicted octanol–water partition coefficient (Wildman–Crippen LogP) is 3.92. The van der Waals surface area contributed by atoms with E-state index in [1.165, 1.54) is 5.56 Å². The van der Waals surface area contributed by atoms with Crippen LogP contribution >= 0.6 is 22.7 Å². The number of carbonyl (C=O) groups is 1. The summed E-state index contributed by atoms with van der Waals surface area (Å²) in [4.78, 5) is 19.6. The second kappa shape index (κ2) is 7.23. The molecule has 6 heteroatoms. The lowest BCUT2D eigenvalue weighted by Gasteiger charge is -2.16. The molecule has 1 saturated heterocycles. The van der Waals surface area contributed by atoms with Gasteiger partial charge in [0.1, 0.15) is 0 Å². The van der Waals surface area contributed by atoms with Crippen molar-refractivity contribution >= 4 is 38.8 Å². The normalized spacial score (nSPS) is 18.0. The SMILES string of the molecule is CCc1nc2ccc(C(=O)NC3CCN(Cc4ccsc4)C3)cc2s1. The van der Waals surface area contributed by atoms with Gasteiger partial charge in [-0.2, -0.15) is 11.3 Å². The fourth-order valence-corrected chi connectivity index (χ4v) is 4.87. The highest BCUT2D eigenvalue weighted by Gasteiger charge is 2.24. The largest absolute Gasteiger partial charge is 0.348 e. The zero-order chi connectivity index (χ0) is 17.2. The number of fused-ring (bicyclic) bond motifs is 1. The first-order valence-electron chi connectivity index (χ1n) is 8.65. The quantitative estimate of drug-likeness (QED) is 0.739. The van der Waals surface area contributed by atoms with Gasteiger partial charge >= 0.3 is 0 Å².